The molecule has 2 fully saturated rings. The maximum Gasteiger partial charge on any atom is 0.191 e. The first-order valence-corrected chi connectivity index (χ1v) is 12.4. The van der Waals surface area contributed by atoms with Crippen molar-refractivity contribution in [3.63, 3.8) is 0 Å². The van der Waals surface area contributed by atoms with Crippen LogP contribution in [0.5, 0.6) is 0 Å². The summed E-state index contributed by atoms with van der Waals surface area (Å²) in [4.78, 5) is 8.53. The van der Waals surface area contributed by atoms with E-state index in [1.54, 1.807) is 0 Å². The fourth-order valence-electron chi connectivity index (χ4n) is 5.21. The Bertz CT molecular complexity index is 817. The lowest BCUT2D eigenvalue weighted by molar-refractivity contribution is 0.0513. The third kappa shape index (κ3) is 5.30. The first-order valence-electron chi connectivity index (χ1n) is 11.5. The van der Waals surface area contributed by atoms with Gasteiger partial charge in [0.2, 0.25) is 0 Å². The molecular formula is C25H36N4OS. The Hall–Kier alpha value is -1.89. The van der Waals surface area contributed by atoms with Gasteiger partial charge in [-0.2, -0.15) is 0 Å². The standard InChI is InChI=1S/C25H36N4OS/c1-26-24(27-18-20-8-6-14-29(2)23(20)22-11-7-17-31-22)28-19-25(12-15-30-16-13-25)21-9-4-3-5-10-21/h3-5,7,9-11,17,20,23H,6,8,12-16,18-19H2,1-2H3,(H2,26,27,28). The molecule has 168 valence electrons. The number of hydrogen-bond donors (Lipinski definition) is 2. The minimum atomic E-state index is 0.0989. The van der Waals surface area contributed by atoms with Crippen molar-refractivity contribution in [3.8, 4) is 0 Å². The number of likely N-dealkylation sites (tertiary alicyclic amines) is 1. The summed E-state index contributed by atoms with van der Waals surface area (Å²) in [5.41, 5.74) is 1.50. The van der Waals surface area contributed by atoms with Crippen LogP contribution in [0, 0.1) is 5.92 Å². The minimum absolute atomic E-state index is 0.0989. The molecule has 2 aliphatic rings. The van der Waals surface area contributed by atoms with Gasteiger partial charge < -0.3 is 15.4 Å². The lowest BCUT2D eigenvalue weighted by Gasteiger charge is -2.40. The number of benzene rings is 1. The molecule has 0 bridgehead atoms. The molecule has 4 rings (SSSR count). The average molecular weight is 441 g/mol. The number of aliphatic imine (C=N–C) groups is 1. The molecular weight excluding hydrogens is 404 g/mol. The number of ether oxygens (including phenoxy) is 1. The van der Waals surface area contributed by atoms with E-state index in [2.05, 4.69) is 75.4 Å². The summed E-state index contributed by atoms with van der Waals surface area (Å²) < 4.78 is 5.69. The summed E-state index contributed by atoms with van der Waals surface area (Å²) in [6.45, 7) is 4.62. The zero-order valence-corrected chi connectivity index (χ0v) is 19.7. The molecule has 5 nitrogen and oxygen atoms in total. The molecule has 2 saturated heterocycles. The second kappa shape index (κ2) is 10.6. The second-order valence-corrected chi connectivity index (χ2v) is 9.89. The summed E-state index contributed by atoms with van der Waals surface area (Å²) in [5.74, 6) is 1.49. The molecule has 0 saturated carbocycles. The normalized spacial score (nSPS) is 24.6. The molecule has 3 heterocycles. The van der Waals surface area contributed by atoms with Crippen molar-refractivity contribution in [1.82, 2.24) is 15.5 Å². The van der Waals surface area contributed by atoms with E-state index in [1.165, 1.54) is 29.8 Å². The van der Waals surface area contributed by atoms with Gasteiger partial charge in [-0.25, -0.2) is 0 Å². The number of hydrogen-bond acceptors (Lipinski definition) is 4. The fraction of sp³-hybridized carbons (Fsp3) is 0.560. The van der Waals surface area contributed by atoms with Crippen LogP contribution in [0.25, 0.3) is 0 Å². The number of nitrogens with zero attached hydrogens (tertiary/aromatic N) is 2. The topological polar surface area (TPSA) is 48.9 Å². The average Bonchev–Trinajstić information content (AvgIpc) is 3.35. The van der Waals surface area contributed by atoms with Gasteiger partial charge in [-0.15, -0.1) is 11.3 Å². The Labute approximate surface area is 190 Å². The summed E-state index contributed by atoms with van der Waals surface area (Å²) in [7, 11) is 4.14. The number of nitrogens with one attached hydrogen (secondary N) is 2. The van der Waals surface area contributed by atoms with E-state index in [0.29, 0.717) is 12.0 Å². The van der Waals surface area contributed by atoms with Gasteiger partial charge in [0.15, 0.2) is 5.96 Å². The molecule has 2 aliphatic heterocycles. The number of piperidine rings is 1. The van der Waals surface area contributed by atoms with Crippen molar-refractivity contribution >= 4 is 17.3 Å². The summed E-state index contributed by atoms with van der Waals surface area (Å²) in [6.07, 6.45) is 4.58. The fourth-order valence-corrected chi connectivity index (χ4v) is 6.19. The van der Waals surface area contributed by atoms with Crippen LogP contribution >= 0.6 is 11.3 Å². The third-order valence-electron chi connectivity index (χ3n) is 7.03. The molecule has 2 unspecified atom stereocenters. The molecule has 2 atom stereocenters. The Morgan fingerprint density at radius 3 is 2.68 bits per heavy atom. The largest absolute Gasteiger partial charge is 0.381 e. The highest BCUT2D eigenvalue weighted by atomic mass is 32.1. The van der Waals surface area contributed by atoms with Crippen LogP contribution in [0.1, 0.15) is 42.2 Å². The summed E-state index contributed by atoms with van der Waals surface area (Å²) in [5, 5.41) is 9.49. The summed E-state index contributed by atoms with van der Waals surface area (Å²) in [6, 6.07) is 15.8. The summed E-state index contributed by atoms with van der Waals surface area (Å²) >= 11 is 1.88. The van der Waals surface area contributed by atoms with E-state index < -0.39 is 0 Å². The first kappa shape index (κ1) is 22.3. The van der Waals surface area contributed by atoms with Gasteiger partial charge in [-0.1, -0.05) is 36.4 Å². The van der Waals surface area contributed by atoms with Crippen LogP contribution in [0.2, 0.25) is 0 Å². The molecule has 6 heteroatoms. The number of rotatable bonds is 6. The molecule has 0 radical (unpaired) electrons. The van der Waals surface area contributed by atoms with Crippen molar-refractivity contribution < 1.29 is 4.74 Å². The van der Waals surface area contributed by atoms with Crippen molar-refractivity contribution in [2.24, 2.45) is 10.9 Å². The van der Waals surface area contributed by atoms with Gasteiger partial charge in [-0.3, -0.25) is 9.89 Å². The van der Waals surface area contributed by atoms with E-state index in [0.717, 1.165) is 45.1 Å². The smallest absolute Gasteiger partial charge is 0.191 e. The first-order chi connectivity index (χ1) is 15.2. The molecule has 1 aromatic carbocycles. The quantitative estimate of drug-likeness (QED) is 0.526. The molecule has 1 aromatic heterocycles. The third-order valence-corrected chi connectivity index (χ3v) is 7.97. The molecule has 0 aliphatic carbocycles. The Kier molecular flexibility index (Phi) is 7.64. The van der Waals surface area contributed by atoms with Crippen molar-refractivity contribution in [2.75, 3.05) is 46.9 Å². The highest BCUT2D eigenvalue weighted by Gasteiger charge is 2.35. The lowest BCUT2D eigenvalue weighted by atomic mass is 9.74. The van der Waals surface area contributed by atoms with Gasteiger partial charge in [0.25, 0.3) is 0 Å². The zero-order chi connectivity index (χ0) is 21.5. The van der Waals surface area contributed by atoms with E-state index in [9.17, 15) is 0 Å². The molecule has 2 N–H and O–H groups in total. The zero-order valence-electron chi connectivity index (χ0n) is 18.8. The van der Waals surface area contributed by atoms with Gasteiger partial charge in [0.1, 0.15) is 0 Å². The SMILES string of the molecule is CN=C(NCC1CCCN(C)C1c1cccs1)NCC1(c2ccccc2)CCOCC1. The van der Waals surface area contributed by atoms with Crippen LogP contribution in [-0.2, 0) is 10.2 Å². The Balaban J connectivity index is 1.39. The van der Waals surface area contributed by atoms with Gasteiger partial charge in [0, 0.05) is 49.7 Å². The second-order valence-electron chi connectivity index (χ2n) is 8.91. The van der Waals surface area contributed by atoms with Crippen LogP contribution < -0.4 is 10.6 Å². The van der Waals surface area contributed by atoms with E-state index in [-0.39, 0.29) is 5.41 Å². The lowest BCUT2D eigenvalue weighted by Crippen LogP contribution is -2.49. The maximum atomic E-state index is 5.69. The van der Waals surface area contributed by atoms with E-state index >= 15 is 0 Å². The number of guanidine groups is 1. The maximum absolute atomic E-state index is 5.69. The molecule has 31 heavy (non-hydrogen) atoms. The van der Waals surface area contributed by atoms with Gasteiger partial charge in [0.05, 0.1) is 0 Å². The van der Waals surface area contributed by atoms with E-state index in [1.807, 2.05) is 18.4 Å². The van der Waals surface area contributed by atoms with Crippen LogP contribution in [0.4, 0.5) is 0 Å². The van der Waals surface area contributed by atoms with E-state index in [4.69, 9.17) is 4.74 Å². The predicted molar refractivity (Wildman–Crippen MR) is 130 cm³/mol. The van der Waals surface area contributed by atoms with Crippen molar-refractivity contribution in [1.29, 1.82) is 0 Å². The predicted octanol–water partition coefficient (Wildman–Crippen LogP) is 4.04. The molecule has 2 aromatic rings. The van der Waals surface area contributed by atoms with Gasteiger partial charge in [-0.05, 0) is 62.2 Å². The monoisotopic (exact) mass is 440 g/mol. The highest BCUT2D eigenvalue weighted by Crippen LogP contribution is 2.37. The molecule has 0 amide bonds. The Morgan fingerprint density at radius 2 is 1.97 bits per heavy atom. The van der Waals surface area contributed by atoms with Crippen molar-refractivity contribution in [3.05, 3.63) is 58.3 Å². The van der Waals surface area contributed by atoms with Crippen molar-refractivity contribution in [2.45, 2.75) is 37.1 Å². The van der Waals surface area contributed by atoms with Crippen LogP contribution in [0.15, 0.2) is 52.8 Å². The van der Waals surface area contributed by atoms with Crippen LogP contribution in [-0.4, -0.2) is 57.8 Å². The minimum Gasteiger partial charge on any atom is -0.381 e. The highest BCUT2D eigenvalue weighted by molar-refractivity contribution is 7.10. The Morgan fingerprint density at radius 1 is 1.16 bits per heavy atom. The van der Waals surface area contributed by atoms with Gasteiger partial charge >= 0.3 is 0 Å². The van der Waals surface area contributed by atoms with Crippen LogP contribution in [0.3, 0.4) is 0 Å². The molecule has 0 spiro atoms. The number of thiophene rings is 1.